The molecule has 1 amide bonds. The van der Waals surface area contributed by atoms with Gasteiger partial charge in [-0.25, -0.2) is 4.98 Å². The summed E-state index contributed by atoms with van der Waals surface area (Å²) in [5.74, 6) is 2.30. The molecule has 2 heterocycles. The fraction of sp³-hybridized carbons (Fsp3) is 0.143. The van der Waals surface area contributed by atoms with Gasteiger partial charge in [-0.15, -0.1) is 0 Å². The van der Waals surface area contributed by atoms with E-state index in [1.165, 1.54) is 16.9 Å². The van der Waals surface area contributed by atoms with Crippen molar-refractivity contribution < 1.29 is 13.9 Å². The van der Waals surface area contributed by atoms with Crippen molar-refractivity contribution in [2.75, 3.05) is 4.90 Å². The lowest BCUT2D eigenvalue weighted by Gasteiger charge is -2.19. The molecular weight excluding hydrogens is 444 g/mol. The summed E-state index contributed by atoms with van der Waals surface area (Å²) in [4.78, 5) is 20.2. The molecule has 0 aliphatic heterocycles. The summed E-state index contributed by atoms with van der Waals surface area (Å²) < 4.78 is 12.5. The molecule has 0 radical (unpaired) electrons. The molecule has 3 aromatic carbocycles. The highest BCUT2D eigenvalue weighted by atomic mass is 32.1. The second-order valence-corrected chi connectivity index (χ2v) is 9.26. The summed E-state index contributed by atoms with van der Waals surface area (Å²) in [6.45, 7) is 4.60. The van der Waals surface area contributed by atoms with Crippen LogP contribution in [0.4, 0.5) is 5.13 Å². The standard InChI is InChI=1S/C28H24N2O3S/c1-19(2)24-11-6-12-25-26(24)29-28(34-25)30(18-23-10-7-17-32-23)27(31)20-13-15-22(16-14-20)33-21-8-4-3-5-9-21/h3-17,19H,18H2,1-2H3. The van der Waals surface area contributed by atoms with Gasteiger partial charge in [-0.1, -0.05) is 55.5 Å². The highest BCUT2D eigenvalue weighted by Crippen LogP contribution is 2.35. The van der Waals surface area contributed by atoms with Crippen molar-refractivity contribution in [1.29, 1.82) is 0 Å². The minimum absolute atomic E-state index is 0.146. The normalized spacial score (nSPS) is 11.1. The van der Waals surface area contributed by atoms with Gasteiger partial charge in [-0.3, -0.25) is 9.69 Å². The summed E-state index contributed by atoms with van der Waals surface area (Å²) in [5, 5.41) is 0.647. The van der Waals surface area contributed by atoms with Crippen molar-refractivity contribution >= 4 is 32.6 Å². The van der Waals surface area contributed by atoms with Crippen LogP contribution >= 0.6 is 11.3 Å². The lowest BCUT2D eigenvalue weighted by Crippen LogP contribution is -2.30. The number of carbonyl (C=O) groups excluding carboxylic acids is 1. The van der Waals surface area contributed by atoms with E-state index < -0.39 is 0 Å². The summed E-state index contributed by atoms with van der Waals surface area (Å²) in [7, 11) is 0. The maximum absolute atomic E-state index is 13.6. The van der Waals surface area contributed by atoms with Crippen LogP contribution in [0, 0.1) is 0 Å². The number of nitrogens with zero attached hydrogens (tertiary/aromatic N) is 2. The quantitative estimate of drug-likeness (QED) is 0.246. The van der Waals surface area contributed by atoms with Gasteiger partial charge in [0.1, 0.15) is 17.3 Å². The van der Waals surface area contributed by atoms with E-state index in [-0.39, 0.29) is 5.91 Å². The maximum atomic E-state index is 13.6. The van der Waals surface area contributed by atoms with Gasteiger partial charge in [0, 0.05) is 5.56 Å². The number of anilines is 1. The van der Waals surface area contributed by atoms with Crippen molar-refractivity contribution in [2.24, 2.45) is 0 Å². The van der Waals surface area contributed by atoms with Crippen LogP contribution in [0.1, 0.15) is 41.4 Å². The molecular formula is C28H24N2O3S. The van der Waals surface area contributed by atoms with E-state index in [1.54, 1.807) is 35.4 Å². The van der Waals surface area contributed by atoms with E-state index in [1.807, 2.05) is 54.6 Å². The Bertz CT molecular complexity index is 1390. The fourth-order valence-corrected chi connectivity index (χ4v) is 4.77. The Labute approximate surface area is 202 Å². The maximum Gasteiger partial charge on any atom is 0.260 e. The van der Waals surface area contributed by atoms with Crippen LogP contribution in [-0.2, 0) is 6.54 Å². The largest absolute Gasteiger partial charge is 0.467 e. The second-order valence-electron chi connectivity index (χ2n) is 8.26. The number of ether oxygens (including phenoxy) is 1. The third kappa shape index (κ3) is 4.58. The molecule has 0 saturated heterocycles. The Morgan fingerprint density at radius 3 is 2.41 bits per heavy atom. The molecule has 170 valence electrons. The topological polar surface area (TPSA) is 55.6 Å². The van der Waals surface area contributed by atoms with Gasteiger partial charge in [0.25, 0.3) is 5.91 Å². The van der Waals surface area contributed by atoms with Crippen molar-refractivity contribution in [3.8, 4) is 11.5 Å². The number of rotatable bonds is 7. The molecule has 34 heavy (non-hydrogen) atoms. The summed E-state index contributed by atoms with van der Waals surface area (Å²) >= 11 is 1.51. The molecule has 6 heteroatoms. The molecule has 5 nitrogen and oxygen atoms in total. The zero-order valence-corrected chi connectivity index (χ0v) is 19.8. The first-order valence-corrected chi connectivity index (χ1v) is 12.0. The Hall–Kier alpha value is -3.90. The minimum atomic E-state index is -0.146. The Morgan fingerprint density at radius 1 is 0.941 bits per heavy atom. The highest BCUT2D eigenvalue weighted by Gasteiger charge is 2.24. The van der Waals surface area contributed by atoms with Crippen LogP contribution in [0.3, 0.4) is 0 Å². The zero-order valence-electron chi connectivity index (χ0n) is 19.0. The van der Waals surface area contributed by atoms with Crippen molar-refractivity contribution in [3.05, 3.63) is 108 Å². The van der Waals surface area contributed by atoms with Gasteiger partial charge in [-0.2, -0.15) is 0 Å². The average molecular weight is 469 g/mol. The van der Waals surface area contributed by atoms with Gasteiger partial charge < -0.3 is 9.15 Å². The summed E-state index contributed by atoms with van der Waals surface area (Å²) in [6.07, 6.45) is 1.61. The Morgan fingerprint density at radius 2 is 1.71 bits per heavy atom. The monoisotopic (exact) mass is 468 g/mol. The first kappa shape index (κ1) is 21.9. The van der Waals surface area contributed by atoms with Gasteiger partial charge in [0.15, 0.2) is 5.13 Å². The molecule has 0 fully saturated rings. The number of fused-ring (bicyclic) bond motifs is 1. The molecule has 0 aliphatic rings. The van der Waals surface area contributed by atoms with Crippen LogP contribution < -0.4 is 9.64 Å². The molecule has 0 spiro atoms. The molecule has 0 unspecified atom stereocenters. The third-order valence-corrected chi connectivity index (χ3v) is 6.55. The summed E-state index contributed by atoms with van der Waals surface area (Å²) in [5.41, 5.74) is 2.67. The number of benzene rings is 3. The number of thiazole rings is 1. The summed E-state index contributed by atoms with van der Waals surface area (Å²) in [6, 6.07) is 26.6. The molecule has 0 saturated carbocycles. The minimum Gasteiger partial charge on any atom is -0.467 e. The first-order valence-electron chi connectivity index (χ1n) is 11.1. The highest BCUT2D eigenvalue weighted by molar-refractivity contribution is 7.22. The van der Waals surface area contributed by atoms with E-state index in [0.717, 1.165) is 16.0 Å². The average Bonchev–Trinajstić information content (AvgIpc) is 3.52. The van der Waals surface area contributed by atoms with E-state index in [0.29, 0.717) is 34.7 Å². The lowest BCUT2D eigenvalue weighted by atomic mass is 10.0. The molecule has 5 rings (SSSR count). The first-order chi connectivity index (χ1) is 16.6. The Balaban J connectivity index is 1.47. The van der Waals surface area contributed by atoms with E-state index in [9.17, 15) is 4.79 Å². The van der Waals surface area contributed by atoms with Crippen molar-refractivity contribution in [3.63, 3.8) is 0 Å². The van der Waals surface area contributed by atoms with Crippen LogP contribution in [0.5, 0.6) is 11.5 Å². The second kappa shape index (κ2) is 9.53. The smallest absolute Gasteiger partial charge is 0.260 e. The SMILES string of the molecule is CC(C)c1cccc2sc(N(Cc3ccco3)C(=O)c3ccc(Oc4ccccc4)cc3)nc12. The number of para-hydroxylation sites is 2. The van der Waals surface area contributed by atoms with E-state index in [4.69, 9.17) is 14.1 Å². The number of hydrogen-bond acceptors (Lipinski definition) is 5. The van der Waals surface area contributed by atoms with E-state index in [2.05, 4.69) is 19.9 Å². The molecule has 0 aliphatic carbocycles. The Kier molecular flexibility index (Phi) is 6.14. The molecule has 0 atom stereocenters. The van der Waals surface area contributed by atoms with Gasteiger partial charge >= 0.3 is 0 Å². The molecule has 2 aromatic heterocycles. The number of furan rings is 1. The molecule has 0 N–H and O–H groups in total. The number of amides is 1. The fourth-order valence-electron chi connectivity index (χ4n) is 3.77. The predicted molar refractivity (Wildman–Crippen MR) is 136 cm³/mol. The van der Waals surface area contributed by atoms with Crippen LogP contribution in [-0.4, -0.2) is 10.9 Å². The van der Waals surface area contributed by atoms with Crippen LogP contribution in [0.15, 0.2) is 95.6 Å². The third-order valence-electron chi connectivity index (χ3n) is 5.51. The van der Waals surface area contributed by atoms with Crippen LogP contribution in [0.2, 0.25) is 0 Å². The van der Waals surface area contributed by atoms with Gasteiger partial charge in [0.2, 0.25) is 0 Å². The number of hydrogen-bond donors (Lipinski definition) is 0. The number of carbonyl (C=O) groups is 1. The molecule has 5 aromatic rings. The lowest BCUT2D eigenvalue weighted by molar-refractivity contribution is 0.0983. The van der Waals surface area contributed by atoms with Crippen molar-refractivity contribution in [2.45, 2.75) is 26.3 Å². The number of aromatic nitrogens is 1. The van der Waals surface area contributed by atoms with E-state index >= 15 is 0 Å². The molecule has 0 bridgehead atoms. The van der Waals surface area contributed by atoms with Gasteiger partial charge in [-0.05, 0) is 66.1 Å². The van der Waals surface area contributed by atoms with Gasteiger partial charge in [0.05, 0.1) is 23.0 Å². The zero-order chi connectivity index (χ0) is 23.5. The van der Waals surface area contributed by atoms with Crippen LogP contribution in [0.25, 0.3) is 10.2 Å². The van der Waals surface area contributed by atoms with Crippen molar-refractivity contribution in [1.82, 2.24) is 4.98 Å². The predicted octanol–water partition coefficient (Wildman–Crippen LogP) is 7.65.